The van der Waals surface area contributed by atoms with Gasteiger partial charge in [-0.15, -0.1) is 0 Å². The highest BCUT2D eigenvalue weighted by molar-refractivity contribution is 5.91. The van der Waals surface area contributed by atoms with E-state index >= 15 is 0 Å². The van der Waals surface area contributed by atoms with Crippen LogP contribution in [0.5, 0.6) is 5.75 Å². The van der Waals surface area contributed by atoms with E-state index in [9.17, 15) is 9.90 Å². The maximum absolute atomic E-state index is 11.3. The lowest BCUT2D eigenvalue weighted by Gasteiger charge is -2.06. The molecule has 0 aliphatic carbocycles. The van der Waals surface area contributed by atoms with Crippen LogP contribution in [0.1, 0.15) is 10.4 Å². The number of methoxy groups -OCH3 is 1. The average molecular weight is 229 g/mol. The number of hydrogen-bond donors (Lipinski definition) is 1. The molecular weight excluding hydrogens is 218 g/mol. The number of esters is 1. The van der Waals surface area contributed by atoms with Crippen molar-refractivity contribution in [1.29, 1.82) is 0 Å². The highest BCUT2D eigenvalue weighted by Gasteiger charge is 2.10. The number of pyridine rings is 1. The molecule has 4 heteroatoms. The number of ether oxygens (including phenoxy) is 1. The van der Waals surface area contributed by atoms with Crippen LogP contribution in [0.2, 0.25) is 0 Å². The first-order chi connectivity index (χ1) is 8.22. The minimum absolute atomic E-state index is 0.0286. The molecule has 0 spiro atoms. The number of aromatic hydroxyl groups is 1. The van der Waals surface area contributed by atoms with E-state index in [-0.39, 0.29) is 5.75 Å². The maximum Gasteiger partial charge on any atom is 0.337 e. The van der Waals surface area contributed by atoms with Gasteiger partial charge in [-0.1, -0.05) is 6.07 Å². The molecule has 0 unspecified atom stereocenters. The molecule has 0 fully saturated rings. The molecule has 1 aromatic heterocycles. The fourth-order valence-electron chi connectivity index (χ4n) is 1.54. The van der Waals surface area contributed by atoms with E-state index in [0.717, 1.165) is 5.56 Å². The van der Waals surface area contributed by atoms with Gasteiger partial charge < -0.3 is 9.84 Å². The molecule has 2 aromatic rings. The molecule has 0 saturated heterocycles. The molecule has 0 aliphatic heterocycles. The Bertz CT molecular complexity index is 538. The third-order valence-electron chi connectivity index (χ3n) is 2.39. The number of nitrogens with zero attached hydrogens (tertiary/aromatic N) is 1. The Morgan fingerprint density at radius 2 is 2.18 bits per heavy atom. The summed E-state index contributed by atoms with van der Waals surface area (Å²) in [6.07, 6.45) is 3.30. The van der Waals surface area contributed by atoms with Gasteiger partial charge in [0.05, 0.1) is 12.7 Å². The lowest BCUT2D eigenvalue weighted by atomic mass is 10.0. The van der Waals surface area contributed by atoms with Crippen LogP contribution in [-0.2, 0) is 4.74 Å². The number of carbonyl (C=O) groups excluding carboxylic acids is 1. The normalized spacial score (nSPS) is 9.94. The first-order valence-electron chi connectivity index (χ1n) is 5.04. The van der Waals surface area contributed by atoms with Crippen molar-refractivity contribution in [2.24, 2.45) is 0 Å². The van der Waals surface area contributed by atoms with E-state index in [1.54, 1.807) is 30.6 Å². The zero-order valence-electron chi connectivity index (χ0n) is 9.25. The molecule has 0 saturated carbocycles. The molecule has 2 rings (SSSR count). The summed E-state index contributed by atoms with van der Waals surface area (Å²) in [7, 11) is 1.30. The largest absolute Gasteiger partial charge is 0.507 e. The molecule has 0 radical (unpaired) electrons. The molecular formula is C13H11NO3. The van der Waals surface area contributed by atoms with E-state index in [0.29, 0.717) is 11.1 Å². The summed E-state index contributed by atoms with van der Waals surface area (Å²) < 4.78 is 4.57. The Kier molecular flexibility index (Phi) is 3.05. The van der Waals surface area contributed by atoms with Gasteiger partial charge in [-0.05, 0) is 24.3 Å². The van der Waals surface area contributed by atoms with E-state index < -0.39 is 5.97 Å². The quantitative estimate of drug-likeness (QED) is 0.802. The number of aromatic nitrogens is 1. The molecule has 0 bridgehead atoms. The molecule has 1 aromatic carbocycles. The van der Waals surface area contributed by atoms with Gasteiger partial charge in [0.15, 0.2) is 0 Å². The topological polar surface area (TPSA) is 59.4 Å². The summed E-state index contributed by atoms with van der Waals surface area (Å²) in [4.78, 5) is 15.2. The number of hydrogen-bond acceptors (Lipinski definition) is 4. The zero-order chi connectivity index (χ0) is 12.3. The number of phenolic OH excluding ortho intramolecular Hbond substituents is 1. The lowest BCUT2D eigenvalue weighted by molar-refractivity contribution is 0.0600. The van der Waals surface area contributed by atoms with Crippen molar-refractivity contribution in [1.82, 2.24) is 4.98 Å². The van der Waals surface area contributed by atoms with Gasteiger partial charge in [0.25, 0.3) is 0 Å². The van der Waals surface area contributed by atoms with Crippen LogP contribution >= 0.6 is 0 Å². The van der Waals surface area contributed by atoms with Crippen molar-refractivity contribution < 1.29 is 14.6 Å². The minimum atomic E-state index is -0.474. The fraction of sp³-hybridized carbons (Fsp3) is 0.0769. The first-order valence-corrected chi connectivity index (χ1v) is 5.04. The summed E-state index contributed by atoms with van der Waals surface area (Å²) in [5.74, 6) is -0.445. The molecule has 1 heterocycles. The third kappa shape index (κ3) is 2.25. The highest BCUT2D eigenvalue weighted by Crippen LogP contribution is 2.29. The predicted molar refractivity (Wildman–Crippen MR) is 62.7 cm³/mol. The Hall–Kier alpha value is -2.36. The van der Waals surface area contributed by atoms with Crippen LogP contribution < -0.4 is 0 Å². The van der Waals surface area contributed by atoms with Crippen LogP contribution in [-0.4, -0.2) is 23.2 Å². The van der Waals surface area contributed by atoms with Gasteiger partial charge >= 0.3 is 5.97 Å². The molecule has 4 nitrogen and oxygen atoms in total. The Balaban J connectivity index is 2.42. The van der Waals surface area contributed by atoms with Crippen LogP contribution in [0, 0.1) is 0 Å². The smallest absolute Gasteiger partial charge is 0.337 e. The van der Waals surface area contributed by atoms with Gasteiger partial charge in [0.2, 0.25) is 0 Å². The zero-order valence-corrected chi connectivity index (χ0v) is 9.25. The van der Waals surface area contributed by atoms with Crippen molar-refractivity contribution in [3.63, 3.8) is 0 Å². The molecule has 0 aliphatic rings. The summed E-state index contributed by atoms with van der Waals surface area (Å²) in [6.45, 7) is 0. The van der Waals surface area contributed by atoms with Crippen LogP contribution in [0.15, 0.2) is 42.7 Å². The molecule has 0 atom stereocenters. The number of carbonyl (C=O) groups is 1. The SMILES string of the molecule is COC(=O)c1ccc(-c2cccnc2)c(O)c1. The van der Waals surface area contributed by atoms with Crippen LogP contribution in [0.3, 0.4) is 0 Å². The van der Waals surface area contributed by atoms with Gasteiger partial charge in [0.1, 0.15) is 5.75 Å². The standard InChI is InChI=1S/C13H11NO3/c1-17-13(16)9-4-5-11(12(15)7-9)10-3-2-6-14-8-10/h2-8,15H,1H3. The third-order valence-corrected chi connectivity index (χ3v) is 2.39. The van der Waals surface area contributed by atoms with Gasteiger partial charge in [-0.25, -0.2) is 4.79 Å². The fourth-order valence-corrected chi connectivity index (χ4v) is 1.54. The van der Waals surface area contributed by atoms with Crippen molar-refractivity contribution in [3.05, 3.63) is 48.3 Å². The number of rotatable bonds is 2. The van der Waals surface area contributed by atoms with Crippen LogP contribution in [0.4, 0.5) is 0 Å². The van der Waals surface area contributed by atoms with Gasteiger partial charge in [-0.2, -0.15) is 0 Å². The molecule has 1 N–H and O–H groups in total. The monoisotopic (exact) mass is 229 g/mol. The molecule has 86 valence electrons. The summed E-state index contributed by atoms with van der Waals surface area (Å²) >= 11 is 0. The number of phenols is 1. The minimum Gasteiger partial charge on any atom is -0.507 e. The number of benzene rings is 1. The van der Waals surface area contributed by atoms with Crippen LogP contribution in [0.25, 0.3) is 11.1 Å². The second-order valence-electron chi connectivity index (χ2n) is 3.47. The van der Waals surface area contributed by atoms with Crippen molar-refractivity contribution in [3.8, 4) is 16.9 Å². The predicted octanol–water partition coefficient (Wildman–Crippen LogP) is 2.24. The van der Waals surface area contributed by atoms with Gasteiger partial charge in [-0.3, -0.25) is 4.98 Å². The average Bonchev–Trinajstić information content (AvgIpc) is 2.38. The first kappa shape index (κ1) is 11.1. The molecule has 17 heavy (non-hydrogen) atoms. The Morgan fingerprint density at radius 1 is 1.35 bits per heavy atom. The van der Waals surface area contributed by atoms with E-state index in [2.05, 4.69) is 9.72 Å². The Labute approximate surface area is 98.5 Å². The van der Waals surface area contributed by atoms with E-state index in [4.69, 9.17) is 0 Å². The van der Waals surface area contributed by atoms with E-state index in [1.165, 1.54) is 13.2 Å². The molecule has 0 amide bonds. The summed E-state index contributed by atoms with van der Waals surface area (Å²) in [5, 5.41) is 9.85. The second kappa shape index (κ2) is 4.65. The highest BCUT2D eigenvalue weighted by atomic mass is 16.5. The van der Waals surface area contributed by atoms with Crippen molar-refractivity contribution >= 4 is 5.97 Å². The Morgan fingerprint density at radius 3 is 2.76 bits per heavy atom. The van der Waals surface area contributed by atoms with Crippen molar-refractivity contribution in [2.75, 3.05) is 7.11 Å². The maximum atomic E-state index is 11.3. The second-order valence-corrected chi connectivity index (χ2v) is 3.47. The van der Waals surface area contributed by atoms with Crippen molar-refractivity contribution in [2.45, 2.75) is 0 Å². The summed E-state index contributed by atoms with van der Waals surface area (Å²) in [5.41, 5.74) is 1.74. The van der Waals surface area contributed by atoms with E-state index in [1.807, 2.05) is 6.07 Å². The van der Waals surface area contributed by atoms with Gasteiger partial charge in [0, 0.05) is 23.5 Å². The lowest BCUT2D eigenvalue weighted by Crippen LogP contribution is -2.00. The summed E-state index contributed by atoms with van der Waals surface area (Å²) in [6, 6.07) is 8.27.